The Morgan fingerprint density at radius 1 is 1.08 bits per heavy atom. The summed E-state index contributed by atoms with van der Waals surface area (Å²) in [7, 11) is 0. The van der Waals surface area contributed by atoms with Gasteiger partial charge in [0.1, 0.15) is 5.82 Å². The third kappa shape index (κ3) is 3.38. The number of hydrogen-bond donors (Lipinski definition) is 2. The zero-order chi connectivity index (χ0) is 16.9. The molecule has 0 unspecified atom stereocenters. The van der Waals surface area contributed by atoms with Crippen LogP contribution in [0.15, 0.2) is 54.6 Å². The van der Waals surface area contributed by atoms with Crippen molar-refractivity contribution in [1.82, 2.24) is 10.3 Å². The molecule has 2 aromatic carbocycles. The summed E-state index contributed by atoms with van der Waals surface area (Å²) in [5.41, 5.74) is 3.91. The molecule has 1 amide bonds. The number of pyridine rings is 1. The number of nitrogens with one attached hydrogen (secondary N) is 2. The van der Waals surface area contributed by atoms with Crippen LogP contribution in [0.4, 0.5) is 5.82 Å². The van der Waals surface area contributed by atoms with E-state index in [0.29, 0.717) is 24.5 Å². The molecule has 3 aromatic rings. The van der Waals surface area contributed by atoms with Crippen LogP contribution in [0.3, 0.4) is 0 Å². The number of para-hydroxylation sites is 1. The Labute approximate surface area is 141 Å². The molecule has 24 heavy (non-hydrogen) atoms. The fourth-order valence-electron chi connectivity index (χ4n) is 2.70. The number of hydrogen-bond acceptors (Lipinski definition) is 3. The Balaban J connectivity index is 1.93. The van der Waals surface area contributed by atoms with Crippen LogP contribution in [0.25, 0.3) is 10.9 Å². The maximum Gasteiger partial charge on any atom is 0.252 e. The molecule has 0 atom stereocenters. The summed E-state index contributed by atoms with van der Waals surface area (Å²) in [4.78, 5) is 17.0. The SMILES string of the molecule is CCNC(=O)c1cc(NCc2ccccc2C)nc2ccccc12. The van der Waals surface area contributed by atoms with E-state index in [2.05, 4.69) is 34.7 Å². The lowest BCUT2D eigenvalue weighted by Crippen LogP contribution is -2.23. The highest BCUT2D eigenvalue weighted by Gasteiger charge is 2.12. The average molecular weight is 319 g/mol. The van der Waals surface area contributed by atoms with Crippen LogP contribution < -0.4 is 10.6 Å². The molecule has 2 N–H and O–H groups in total. The molecule has 4 nitrogen and oxygen atoms in total. The molecule has 122 valence electrons. The van der Waals surface area contributed by atoms with Gasteiger partial charge in [0.05, 0.1) is 11.1 Å². The number of nitrogens with zero attached hydrogens (tertiary/aromatic N) is 1. The van der Waals surface area contributed by atoms with Crippen molar-refractivity contribution in [2.45, 2.75) is 20.4 Å². The van der Waals surface area contributed by atoms with Gasteiger partial charge in [-0.15, -0.1) is 0 Å². The number of amides is 1. The van der Waals surface area contributed by atoms with E-state index in [9.17, 15) is 4.79 Å². The Kier molecular flexibility index (Phi) is 4.75. The van der Waals surface area contributed by atoms with Crippen LogP contribution >= 0.6 is 0 Å². The van der Waals surface area contributed by atoms with Crippen molar-refractivity contribution in [2.24, 2.45) is 0 Å². The molecule has 1 heterocycles. The van der Waals surface area contributed by atoms with Crippen molar-refractivity contribution in [1.29, 1.82) is 0 Å². The van der Waals surface area contributed by atoms with E-state index >= 15 is 0 Å². The minimum atomic E-state index is -0.0740. The number of aromatic nitrogens is 1. The van der Waals surface area contributed by atoms with Crippen LogP contribution in [-0.4, -0.2) is 17.4 Å². The maximum absolute atomic E-state index is 12.4. The van der Waals surface area contributed by atoms with E-state index in [1.54, 1.807) is 0 Å². The van der Waals surface area contributed by atoms with Crippen molar-refractivity contribution >= 4 is 22.6 Å². The summed E-state index contributed by atoms with van der Waals surface area (Å²) in [6, 6.07) is 17.8. The van der Waals surface area contributed by atoms with Gasteiger partial charge in [-0.25, -0.2) is 4.98 Å². The lowest BCUT2D eigenvalue weighted by atomic mass is 10.1. The van der Waals surface area contributed by atoms with Gasteiger partial charge in [0.2, 0.25) is 0 Å². The maximum atomic E-state index is 12.4. The zero-order valence-electron chi connectivity index (χ0n) is 14.0. The highest BCUT2D eigenvalue weighted by atomic mass is 16.1. The summed E-state index contributed by atoms with van der Waals surface area (Å²) >= 11 is 0. The van der Waals surface area contributed by atoms with Crippen molar-refractivity contribution < 1.29 is 4.79 Å². The van der Waals surface area contributed by atoms with E-state index in [0.717, 1.165) is 10.9 Å². The smallest absolute Gasteiger partial charge is 0.252 e. The Hall–Kier alpha value is -2.88. The van der Waals surface area contributed by atoms with E-state index in [-0.39, 0.29) is 5.91 Å². The molecule has 1 aromatic heterocycles. The van der Waals surface area contributed by atoms with Gasteiger partial charge in [-0.1, -0.05) is 42.5 Å². The number of benzene rings is 2. The molecule has 4 heteroatoms. The number of fused-ring (bicyclic) bond motifs is 1. The first-order valence-corrected chi connectivity index (χ1v) is 8.15. The summed E-state index contributed by atoms with van der Waals surface area (Å²) in [5.74, 6) is 0.633. The molecule has 3 rings (SSSR count). The van der Waals surface area contributed by atoms with Crippen molar-refractivity contribution in [2.75, 3.05) is 11.9 Å². The lowest BCUT2D eigenvalue weighted by molar-refractivity contribution is 0.0957. The van der Waals surface area contributed by atoms with Gasteiger partial charge in [0.15, 0.2) is 0 Å². The molecular weight excluding hydrogens is 298 g/mol. The number of rotatable bonds is 5. The third-order valence-electron chi connectivity index (χ3n) is 4.02. The molecule has 0 aliphatic rings. The van der Waals surface area contributed by atoms with Gasteiger partial charge in [-0.05, 0) is 37.1 Å². The molecule has 0 spiro atoms. The summed E-state index contributed by atoms with van der Waals surface area (Å²) in [6.07, 6.45) is 0. The summed E-state index contributed by atoms with van der Waals surface area (Å²) in [5, 5.41) is 7.08. The first-order chi connectivity index (χ1) is 11.7. The van der Waals surface area contributed by atoms with Crippen molar-refractivity contribution in [3.63, 3.8) is 0 Å². The van der Waals surface area contributed by atoms with Crippen molar-refractivity contribution in [3.8, 4) is 0 Å². The van der Waals surface area contributed by atoms with Crippen LogP contribution in [0, 0.1) is 6.92 Å². The minimum absolute atomic E-state index is 0.0740. The highest BCUT2D eigenvalue weighted by molar-refractivity contribution is 6.06. The predicted molar refractivity (Wildman–Crippen MR) is 98.3 cm³/mol. The molecule has 0 aliphatic heterocycles. The van der Waals surface area contributed by atoms with Gasteiger partial charge in [-0.2, -0.15) is 0 Å². The van der Waals surface area contributed by atoms with E-state index < -0.39 is 0 Å². The monoisotopic (exact) mass is 319 g/mol. The number of carbonyl (C=O) groups is 1. The van der Waals surface area contributed by atoms with Crippen LogP contribution in [0.2, 0.25) is 0 Å². The molecule has 0 saturated carbocycles. The van der Waals surface area contributed by atoms with E-state index in [4.69, 9.17) is 0 Å². The standard InChI is InChI=1S/C20H21N3O/c1-3-21-20(24)17-12-19(23-18-11-7-6-10-16(17)18)22-13-15-9-5-4-8-14(15)2/h4-12H,3,13H2,1-2H3,(H,21,24)(H,22,23). The number of aryl methyl sites for hydroxylation is 1. The summed E-state index contributed by atoms with van der Waals surface area (Å²) in [6.45, 7) is 5.28. The van der Waals surface area contributed by atoms with Crippen molar-refractivity contribution in [3.05, 3.63) is 71.3 Å². The van der Waals surface area contributed by atoms with Crippen LogP contribution in [-0.2, 0) is 6.54 Å². The predicted octanol–water partition coefficient (Wildman–Crippen LogP) is 3.91. The Bertz CT molecular complexity index is 874. The normalized spacial score (nSPS) is 10.6. The van der Waals surface area contributed by atoms with Gasteiger partial charge in [0, 0.05) is 18.5 Å². The minimum Gasteiger partial charge on any atom is -0.366 e. The van der Waals surface area contributed by atoms with Crippen LogP contribution in [0.1, 0.15) is 28.4 Å². The quantitative estimate of drug-likeness (QED) is 0.750. The molecule has 0 bridgehead atoms. The molecule has 0 aliphatic carbocycles. The fraction of sp³-hybridized carbons (Fsp3) is 0.200. The molecule has 0 radical (unpaired) electrons. The third-order valence-corrected chi connectivity index (χ3v) is 4.02. The molecule has 0 fully saturated rings. The second-order valence-corrected chi connectivity index (χ2v) is 5.71. The Morgan fingerprint density at radius 3 is 2.62 bits per heavy atom. The molecular formula is C20H21N3O. The number of anilines is 1. The first kappa shape index (κ1) is 16.0. The van der Waals surface area contributed by atoms with E-state index in [1.165, 1.54) is 11.1 Å². The fourth-order valence-corrected chi connectivity index (χ4v) is 2.70. The lowest BCUT2D eigenvalue weighted by Gasteiger charge is -2.12. The van der Waals surface area contributed by atoms with Gasteiger partial charge in [-0.3, -0.25) is 4.79 Å². The first-order valence-electron chi connectivity index (χ1n) is 8.15. The second-order valence-electron chi connectivity index (χ2n) is 5.71. The average Bonchev–Trinajstić information content (AvgIpc) is 2.60. The number of carbonyl (C=O) groups excluding carboxylic acids is 1. The zero-order valence-corrected chi connectivity index (χ0v) is 14.0. The summed E-state index contributed by atoms with van der Waals surface area (Å²) < 4.78 is 0. The largest absolute Gasteiger partial charge is 0.366 e. The molecule has 0 saturated heterocycles. The van der Waals surface area contributed by atoms with E-state index in [1.807, 2.05) is 49.4 Å². The second kappa shape index (κ2) is 7.13. The van der Waals surface area contributed by atoms with Gasteiger partial charge < -0.3 is 10.6 Å². The van der Waals surface area contributed by atoms with Gasteiger partial charge in [0.25, 0.3) is 5.91 Å². The Morgan fingerprint density at radius 2 is 1.83 bits per heavy atom. The topological polar surface area (TPSA) is 54.0 Å². The van der Waals surface area contributed by atoms with Gasteiger partial charge >= 0.3 is 0 Å². The highest BCUT2D eigenvalue weighted by Crippen LogP contribution is 2.21. The van der Waals surface area contributed by atoms with Crippen LogP contribution in [0.5, 0.6) is 0 Å².